The summed E-state index contributed by atoms with van der Waals surface area (Å²) in [5, 5.41) is 9.42. The Morgan fingerprint density at radius 2 is 2.22 bits per heavy atom. The Bertz CT molecular complexity index is 772. The number of benzene rings is 1. The van der Waals surface area contributed by atoms with Crippen LogP contribution in [0.25, 0.3) is 0 Å². The number of aliphatic imine (C=N–C) groups is 1. The first-order chi connectivity index (χ1) is 10.9. The first kappa shape index (κ1) is 15.8. The van der Waals surface area contributed by atoms with Gasteiger partial charge in [0.05, 0.1) is 21.9 Å². The van der Waals surface area contributed by atoms with Crippen LogP contribution >= 0.6 is 11.6 Å². The second-order valence-electron chi connectivity index (χ2n) is 6.48. The van der Waals surface area contributed by atoms with Gasteiger partial charge in [0.2, 0.25) is 0 Å². The van der Waals surface area contributed by atoms with E-state index in [0.29, 0.717) is 22.6 Å². The SMILES string of the molecule is CC1(C)CC2=C(C(=O)O1)C(c1ccc(C#N)c(Cl)c1)CCC=N2. The van der Waals surface area contributed by atoms with Gasteiger partial charge in [-0.05, 0) is 44.4 Å². The number of esters is 1. The number of carbonyl (C=O) groups is 1. The number of nitriles is 1. The molecular weight excluding hydrogens is 312 g/mol. The summed E-state index contributed by atoms with van der Waals surface area (Å²) in [6.07, 6.45) is 4.02. The zero-order valence-electron chi connectivity index (χ0n) is 13.1. The van der Waals surface area contributed by atoms with Crippen LogP contribution in [0.15, 0.2) is 34.5 Å². The van der Waals surface area contributed by atoms with Crippen LogP contribution in [0.5, 0.6) is 0 Å². The fourth-order valence-corrected chi connectivity index (χ4v) is 3.38. The summed E-state index contributed by atoms with van der Waals surface area (Å²) in [6.45, 7) is 3.78. The molecule has 1 unspecified atom stereocenters. The third-order valence-corrected chi connectivity index (χ3v) is 4.50. The highest BCUT2D eigenvalue weighted by molar-refractivity contribution is 6.31. The smallest absolute Gasteiger partial charge is 0.337 e. The van der Waals surface area contributed by atoms with Crippen LogP contribution < -0.4 is 0 Å². The highest BCUT2D eigenvalue weighted by Gasteiger charge is 2.38. The van der Waals surface area contributed by atoms with Crippen LogP contribution in [0.1, 0.15) is 50.2 Å². The lowest BCUT2D eigenvalue weighted by Gasteiger charge is -2.33. The molecule has 0 fully saturated rings. The summed E-state index contributed by atoms with van der Waals surface area (Å²) in [5.41, 5.74) is 2.24. The first-order valence-electron chi connectivity index (χ1n) is 7.60. The highest BCUT2D eigenvalue weighted by Crippen LogP contribution is 2.41. The number of carbonyl (C=O) groups excluding carboxylic acids is 1. The highest BCUT2D eigenvalue weighted by atomic mass is 35.5. The molecule has 1 atom stereocenters. The van der Waals surface area contributed by atoms with E-state index in [1.165, 1.54) is 0 Å². The minimum atomic E-state index is -0.537. The molecule has 23 heavy (non-hydrogen) atoms. The van der Waals surface area contributed by atoms with Gasteiger partial charge >= 0.3 is 5.97 Å². The van der Waals surface area contributed by atoms with E-state index in [-0.39, 0.29) is 11.9 Å². The van der Waals surface area contributed by atoms with Crippen molar-refractivity contribution < 1.29 is 9.53 Å². The van der Waals surface area contributed by atoms with Crippen LogP contribution in [-0.4, -0.2) is 17.8 Å². The second-order valence-corrected chi connectivity index (χ2v) is 6.89. The van der Waals surface area contributed by atoms with Gasteiger partial charge in [0.15, 0.2) is 0 Å². The molecular formula is C18H17ClN2O2. The molecule has 0 aliphatic carbocycles. The Morgan fingerprint density at radius 3 is 2.91 bits per heavy atom. The molecule has 0 N–H and O–H groups in total. The average Bonchev–Trinajstić information content (AvgIpc) is 2.68. The molecule has 1 aromatic rings. The van der Waals surface area contributed by atoms with E-state index in [1.54, 1.807) is 12.1 Å². The summed E-state index contributed by atoms with van der Waals surface area (Å²) in [5.74, 6) is -0.415. The maximum Gasteiger partial charge on any atom is 0.337 e. The van der Waals surface area contributed by atoms with Crippen molar-refractivity contribution in [2.24, 2.45) is 4.99 Å². The van der Waals surface area contributed by atoms with Gasteiger partial charge in [-0.15, -0.1) is 0 Å². The normalized spacial score (nSPS) is 22.9. The molecule has 4 nitrogen and oxygen atoms in total. The Balaban J connectivity index is 2.07. The van der Waals surface area contributed by atoms with Crippen molar-refractivity contribution in [2.45, 2.75) is 44.6 Å². The fourth-order valence-electron chi connectivity index (χ4n) is 3.15. The number of cyclic esters (lactones) is 1. The third kappa shape index (κ3) is 3.02. The van der Waals surface area contributed by atoms with Crippen LogP contribution in [0.3, 0.4) is 0 Å². The minimum absolute atomic E-state index is 0.110. The largest absolute Gasteiger partial charge is 0.456 e. The molecule has 0 spiro atoms. The predicted molar refractivity (Wildman–Crippen MR) is 88.4 cm³/mol. The lowest BCUT2D eigenvalue weighted by Crippen LogP contribution is -2.35. The Kier molecular flexibility index (Phi) is 3.99. The van der Waals surface area contributed by atoms with E-state index in [1.807, 2.05) is 26.1 Å². The van der Waals surface area contributed by atoms with Gasteiger partial charge in [-0.1, -0.05) is 17.7 Å². The van der Waals surface area contributed by atoms with Gasteiger partial charge in [0, 0.05) is 18.6 Å². The molecule has 0 radical (unpaired) electrons. The van der Waals surface area contributed by atoms with Crippen molar-refractivity contribution in [3.05, 3.63) is 45.6 Å². The lowest BCUT2D eigenvalue weighted by atomic mass is 9.83. The molecule has 1 aromatic carbocycles. The van der Waals surface area contributed by atoms with E-state index >= 15 is 0 Å². The topological polar surface area (TPSA) is 62.5 Å². The Labute approximate surface area is 140 Å². The molecule has 2 aliphatic rings. The molecule has 0 amide bonds. The standard InChI is InChI=1S/C18H17ClN2O2/c1-18(2)9-15-16(17(22)23-18)13(4-3-7-21-15)11-5-6-12(10-20)14(19)8-11/h5-8,13H,3-4,9H2,1-2H3. The summed E-state index contributed by atoms with van der Waals surface area (Å²) < 4.78 is 5.57. The van der Waals surface area contributed by atoms with E-state index in [9.17, 15) is 4.79 Å². The van der Waals surface area contributed by atoms with Crippen molar-refractivity contribution in [3.63, 3.8) is 0 Å². The lowest BCUT2D eigenvalue weighted by molar-refractivity contribution is -0.153. The molecule has 0 aromatic heterocycles. The number of hydrogen-bond acceptors (Lipinski definition) is 4. The van der Waals surface area contributed by atoms with Crippen molar-refractivity contribution in [1.82, 2.24) is 0 Å². The second kappa shape index (κ2) is 5.82. The monoisotopic (exact) mass is 328 g/mol. The molecule has 3 rings (SSSR count). The van der Waals surface area contributed by atoms with E-state index < -0.39 is 5.60 Å². The maximum absolute atomic E-state index is 12.5. The van der Waals surface area contributed by atoms with Gasteiger partial charge in [-0.3, -0.25) is 4.99 Å². The van der Waals surface area contributed by atoms with Crippen molar-refractivity contribution in [1.29, 1.82) is 5.26 Å². The number of rotatable bonds is 1. The summed E-state index contributed by atoms with van der Waals surface area (Å²) in [6, 6.07) is 7.38. The van der Waals surface area contributed by atoms with Crippen LogP contribution in [-0.2, 0) is 9.53 Å². The number of halogens is 1. The third-order valence-electron chi connectivity index (χ3n) is 4.19. The minimum Gasteiger partial charge on any atom is -0.456 e. The molecule has 0 saturated heterocycles. The molecule has 0 saturated carbocycles. The fraction of sp³-hybridized carbons (Fsp3) is 0.389. The van der Waals surface area contributed by atoms with Gasteiger partial charge in [0.1, 0.15) is 11.7 Å². The summed E-state index contributed by atoms with van der Waals surface area (Å²) in [7, 11) is 0. The molecule has 5 heteroatoms. The van der Waals surface area contributed by atoms with E-state index in [4.69, 9.17) is 21.6 Å². The average molecular weight is 329 g/mol. The van der Waals surface area contributed by atoms with E-state index in [0.717, 1.165) is 24.1 Å². The van der Waals surface area contributed by atoms with Crippen molar-refractivity contribution in [3.8, 4) is 6.07 Å². The van der Waals surface area contributed by atoms with Crippen LogP contribution in [0.2, 0.25) is 5.02 Å². The van der Waals surface area contributed by atoms with Gasteiger partial charge in [-0.2, -0.15) is 5.26 Å². The Morgan fingerprint density at radius 1 is 1.43 bits per heavy atom. The van der Waals surface area contributed by atoms with Crippen molar-refractivity contribution in [2.75, 3.05) is 0 Å². The maximum atomic E-state index is 12.5. The molecule has 118 valence electrons. The van der Waals surface area contributed by atoms with Gasteiger partial charge in [0.25, 0.3) is 0 Å². The van der Waals surface area contributed by atoms with Gasteiger partial charge < -0.3 is 4.74 Å². The Hall–Kier alpha value is -2.12. The van der Waals surface area contributed by atoms with Crippen LogP contribution in [0, 0.1) is 11.3 Å². The number of ether oxygens (including phenoxy) is 1. The molecule has 2 aliphatic heterocycles. The molecule has 0 bridgehead atoms. The first-order valence-corrected chi connectivity index (χ1v) is 7.97. The predicted octanol–water partition coefficient (Wildman–Crippen LogP) is 4.14. The summed E-state index contributed by atoms with van der Waals surface area (Å²) >= 11 is 6.16. The summed E-state index contributed by atoms with van der Waals surface area (Å²) in [4.78, 5) is 17.0. The zero-order valence-corrected chi connectivity index (χ0v) is 13.9. The van der Waals surface area contributed by atoms with Crippen molar-refractivity contribution >= 4 is 23.8 Å². The van der Waals surface area contributed by atoms with E-state index in [2.05, 4.69) is 11.1 Å². The van der Waals surface area contributed by atoms with Gasteiger partial charge in [-0.25, -0.2) is 4.79 Å². The molecule has 2 heterocycles. The van der Waals surface area contributed by atoms with Crippen LogP contribution in [0.4, 0.5) is 0 Å². The number of nitrogens with zero attached hydrogens (tertiary/aromatic N) is 2. The zero-order chi connectivity index (χ0) is 16.6. The number of hydrogen-bond donors (Lipinski definition) is 0. The quantitative estimate of drug-likeness (QED) is 0.728.